The van der Waals surface area contributed by atoms with Crippen LogP contribution in [0.3, 0.4) is 0 Å². The van der Waals surface area contributed by atoms with E-state index in [9.17, 15) is 9.90 Å². The molecule has 0 aliphatic heterocycles. The fourth-order valence-electron chi connectivity index (χ4n) is 0.228. The molecule has 0 aromatic rings. The Hall–Kier alpha value is -1.30. The highest BCUT2D eigenvalue weighted by atomic mass is 16.4. The molecule has 0 rings (SSSR count). The highest BCUT2D eigenvalue weighted by molar-refractivity contribution is 5.89. The van der Waals surface area contributed by atoms with Crippen molar-refractivity contribution >= 4 is 5.97 Å². The first kappa shape index (κ1) is 6.70. The molecule has 0 atom stereocenters. The van der Waals surface area contributed by atoms with Crippen LogP contribution in [0.4, 0.5) is 0 Å². The Balaban J connectivity index is 4.20. The van der Waals surface area contributed by atoms with Crippen LogP contribution in [0.2, 0.25) is 0 Å². The smallest absolute Gasteiger partial charge is 0.101 e. The molecule has 0 aromatic carbocycles. The van der Waals surface area contributed by atoms with Crippen molar-refractivity contribution in [2.45, 2.75) is 6.92 Å². The predicted octanol–water partition coefficient (Wildman–Crippen LogP) is -0.794. The van der Waals surface area contributed by atoms with Gasteiger partial charge in [-0.05, 0) is 6.92 Å². The maximum absolute atomic E-state index is 9.76. The molecule has 42 valence electrons. The molecule has 0 amide bonds. The number of carboxylic acids is 1. The van der Waals surface area contributed by atoms with Gasteiger partial charge in [-0.1, -0.05) is 6.08 Å². The van der Waals surface area contributed by atoms with Crippen LogP contribution in [-0.4, -0.2) is 5.97 Å². The molecule has 0 saturated heterocycles. The number of rotatable bonds is 1. The highest BCUT2D eigenvalue weighted by Crippen LogP contribution is 1.85. The van der Waals surface area contributed by atoms with E-state index in [0.717, 1.165) is 0 Å². The summed E-state index contributed by atoms with van der Waals surface area (Å²) >= 11 is 0. The lowest BCUT2D eigenvalue weighted by atomic mass is 10.3. The quantitative estimate of drug-likeness (QED) is 0.328. The molecule has 3 heteroatoms. The molecule has 0 spiro atoms. The third kappa shape index (κ3) is 1.43. The van der Waals surface area contributed by atoms with Crippen LogP contribution in [0, 0.1) is 11.3 Å². The molecule has 3 nitrogen and oxygen atoms in total. The third-order valence-corrected chi connectivity index (χ3v) is 0.629. The molecular weight excluding hydrogens is 106 g/mol. The van der Waals surface area contributed by atoms with Crippen molar-refractivity contribution in [1.82, 2.24) is 0 Å². The molecule has 0 N–H and O–H groups in total. The van der Waals surface area contributed by atoms with Gasteiger partial charge in [0, 0.05) is 0 Å². The minimum absolute atomic E-state index is 0.329. The van der Waals surface area contributed by atoms with E-state index in [0.29, 0.717) is 0 Å². The van der Waals surface area contributed by atoms with Crippen LogP contribution in [0.25, 0.3) is 0 Å². The molecule has 0 aromatic heterocycles. The number of nitrogens with zero attached hydrogens (tertiary/aromatic N) is 1. The molecule has 0 aliphatic carbocycles. The summed E-state index contributed by atoms with van der Waals surface area (Å²) in [6, 6.07) is 1.45. The van der Waals surface area contributed by atoms with E-state index in [-0.39, 0.29) is 5.57 Å². The normalized spacial score (nSPS) is 10.2. The summed E-state index contributed by atoms with van der Waals surface area (Å²) in [5, 5.41) is 17.7. The summed E-state index contributed by atoms with van der Waals surface area (Å²) in [7, 11) is 0. The summed E-state index contributed by atoms with van der Waals surface area (Å²) in [5.41, 5.74) is -0.329. The summed E-state index contributed by atoms with van der Waals surface area (Å²) < 4.78 is 0. The minimum Gasteiger partial charge on any atom is -0.544 e. The van der Waals surface area contributed by atoms with Crippen LogP contribution in [0.1, 0.15) is 6.92 Å². The van der Waals surface area contributed by atoms with Crippen molar-refractivity contribution < 1.29 is 9.90 Å². The first-order chi connectivity index (χ1) is 3.72. The van der Waals surface area contributed by atoms with E-state index in [1.54, 1.807) is 0 Å². The maximum atomic E-state index is 9.76. The molecule has 0 aliphatic rings. The average molecular weight is 110 g/mol. The van der Waals surface area contributed by atoms with E-state index in [4.69, 9.17) is 5.26 Å². The average Bonchev–Trinajstić information content (AvgIpc) is 1.69. The Morgan fingerprint density at radius 3 is 2.38 bits per heavy atom. The highest BCUT2D eigenvalue weighted by Gasteiger charge is 1.89. The molecule has 0 fully saturated rings. The lowest BCUT2D eigenvalue weighted by molar-refractivity contribution is -0.298. The van der Waals surface area contributed by atoms with Crippen LogP contribution in [-0.2, 0) is 4.79 Å². The standard InChI is InChI=1S/C5H5NO2/c1-2-4(3-6)5(7)8/h2H,1H3,(H,7,8)/p-1/b4-2+. The van der Waals surface area contributed by atoms with E-state index in [1.807, 2.05) is 0 Å². The van der Waals surface area contributed by atoms with Gasteiger partial charge in [-0.25, -0.2) is 0 Å². The molecule has 0 heterocycles. The summed E-state index contributed by atoms with van der Waals surface area (Å²) in [6.45, 7) is 1.47. The number of hydrogen-bond acceptors (Lipinski definition) is 3. The fraction of sp³-hybridized carbons (Fsp3) is 0.200. The summed E-state index contributed by atoms with van der Waals surface area (Å²) in [5.74, 6) is -1.42. The van der Waals surface area contributed by atoms with Gasteiger partial charge >= 0.3 is 0 Å². The van der Waals surface area contributed by atoms with Crippen molar-refractivity contribution in [3.8, 4) is 6.07 Å². The van der Waals surface area contributed by atoms with Crippen molar-refractivity contribution in [2.75, 3.05) is 0 Å². The number of allylic oxidation sites excluding steroid dienone is 1. The van der Waals surface area contributed by atoms with Crippen molar-refractivity contribution in [1.29, 1.82) is 5.26 Å². The lowest BCUT2D eigenvalue weighted by Crippen LogP contribution is -2.23. The Morgan fingerprint density at radius 2 is 2.38 bits per heavy atom. The predicted molar refractivity (Wildman–Crippen MR) is 24.4 cm³/mol. The van der Waals surface area contributed by atoms with Gasteiger partial charge in [-0.2, -0.15) is 5.26 Å². The van der Waals surface area contributed by atoms with Crippen molar-refractivity contribution in [3.05, 3.63) is 11.6 Å². The summed E-state index contributed by atoms with van der Waals surface area (Å²) in [4.78, 5) is 9.76. The van der Waals surface area contributed by atoms with E-state index in [1.165, 1.54) is 19.1 Å². The first-order valence-corrected chi connectivity index (χ1v) is 2.00. The maximum Gasteiger partial charge on any atom is 0.101 e. The van der Waals surface area contributed by atoms with E-state index in [2.05, 4.69) is 0 Å². The van der Waals surface area contributed by atoms with Gasteiger partial charge in [0.05, 0.1) is 11.5 Å². The molecule has 0 radical (unpaired) electrons. The second kappa shape index (κ2) is 2.80. The summed E-state index contributed by atoms with van der Waals surface area (Å²) in [6.07, 6.45) is 1.19. The Bertz CT molecular complexity index is 164. The van der Waals surface area contributed by atoms with Crippen LogP contribution >= 0.6 is 0 Å². The fourth-order valence-corrected chi connectivity index (χ4v) is 0.228. The third-order valence-electron chi connectivity index (χ3n) is 0.629. The topological polar surface area (TPSA) is 63.9 Å². The Morgan fingerprint density at radius 1 is 1.88 bits per heavy atom. The van der Waals surface area contributed by atoms with Gasteiger partial charge in [-0.15, -0.1) is 0 Å². The van der Waals surface area contributed by atoms with Crippen molar-refractivity contribution in [2.24, 2.45) is 0 Å². The monoisotopic (exact) mass is 110 g/mol. The number of carboxylic acid groups (broad SMARTS) is 1. The molecular formula is C5H4NO2-. The van der Waals surface area contributed by atoms with Crippen molar-refractivity contribution in [3.63, 3.8) is 0 Å². The van der Waals surface area contributed by atoms with Crippen LogP contribution in [0.5, 0.6) is 0 Å². The number of hydrogen-bond donors (Lipinski definition) is 0. The van der Waals surface area contributed by atoms with Crippen LogP contribution < -0.4 is 5.11 Å². The zero-order chi connectivity index (χ0) is 6.57. The SMILES string of the molecule is C/C=C(\C#N)C(=O)[O-]. The second-order valence-electron chi connectivity index (χ2n) is 1.10. The Labute approximate surface area is 46.9 Å². The zero-order valence-corrected chi connectivity index (χ0v) is 4.34. The molecule has 0 bridgehead atoms. The molecule has 0 saturated carbocycles. The van der Waals surface area contributed by atoms with Gasteiger partial charge < -0.3 is 9.90 Å². The first-order valence-electron chi connectivity index (χ1n) is 2.00. The van der Waals surface area contributed by atoms with Gasteiger partial charge in [-0.3, -0.25) is 0 Å². The second-order valence-corrected chi connectivity index (χ2v) is 1.10. The molecule has 8 heavy (non-hydrogen) atoms. The van der Waals surface area contributed by atoms with Gasteiger partial charge in [0.15, 0.2) is 0 Å². The van der Waals surface area contributed by atoms with Crippen LogP contribution in [0.15, 0.2) is 11.6 Å². The Kier molecular flexibility index (Phi) is 2.35. The van der Waals surface area contributed by atoms with E-state index >= 15 is 0 Å². The number of carbonyl (C=O) groups excluding carboxylic acids is 1. The van der Waals surface area contributed by atoms with E-state index < -0.39 is 5.97 Å². The number of carbonyl (C=O) groups is 1. The zero-order valence-electron chi connectivity index (χ0n) is 4.34. The minimum atomic E-state index is -1.42. The number of nitriles is 1. The van der Waals surface area contributed by atoms with Gasteiger partial charge in [0.25, 0.3) is 0 Å². The lowest BCUT2D eigenvalue weighted by Gasteiger charge is -1.93. The number of aliphatic carboxylic acids is 1. The molecule has 0 unspecified atom stereocenters. The van der Waals surface area contributed by atoms with Gasteiger partial charge in [0.2, 0.25) is 0 Å². The largest absolute Gasteiger partial charge is 0.544 e. The van der Waals surface area contributed by atoms with Gasteiger partial charge in [0.1, 0.15) is 6.07 Å².